The van der Waals surface area contributed by atoms with Crippen LogP contribution in [0.4, 0.5) is 0 Å². The molecule has 0 saturated heterocycles. The molecule has 0 radical (unpaired) electrons. The van der Waals surface area contributed by atoms with Gasteiger partial charge in [-0.2, -0.15) is 0 Å². The normalized spacial score (nSPS) is 11.3. The second kappa shape index (κ2) is 10.1. The Kier molecular flexibility index (Phi) is 7.23. The molecular weight excluding hydrogens is 418 g/mol. The van der Waals surface area contributed by atoms with Gasteiger partial charge < -0.3 is 20.5 Å². The number of fused-ring (bicyclic) bond motifs is 1. The van der Waals surface area contributed by atoms with Crippen molar-refractivity contribution >= 4 is 40.4 Å². The van der Waals surface area contributed by atoms with Crippen LogP contribution in [0.3, 0.4) is 0 Å². The molecule has 2 aromatic carbocycles. The molecule has 0 aliphatic heterocycles. The molecule has 31 heavy (non-hydrogen) atoms. The molecule has 0 unspecified atom stereocenters. The number of pyridine rings is 1. The maximum Gasteiger partial charge on any atom is 0.267 e. The maximum atomic E-state index is 12.7. The van der Waals surface area contributed by atoms with Crippen LogP contribution in [0.2, 0.25) is 5.15 Å². The zero-order valence-electron chi connectivity index (χ0n) is 17.1. The van der Waals surface area contributed by atoms with Gasteiger partial charge in [-0.25, -0.2) is 4.98 Å². The van der Waals surface area contributed by atoms with Gasteiger partial charge >= 0.3 is 0 Å². The fraction of sp³-hybridized carbons (Fsp3) is 0.174. The van der Waals surface area contributed by atoms with E-state index in [4.69, 9.17) is 21.4 Å². The number of aromatic nitrogens is 1. The number of ether oxygens (including phenoxy) is 1. The first-order valence-electron chi connectivity index (χ1n) is 9.54. The highest BCUT2D eigenvalue weighted by Crippen LogP contribution is 2.23. The first-order valence-corrected chi connectivity index (χ1v) is 9.92. The Morgan fingerprint density at radius 3 is 2.58 bits per heavy atom. The number of aryl methyl sites for hydroxylation is 1. The molecule has 0 aliphatic rings. The maximum absolute atomic E-state index is 12.7. The number of halogens is 1. The summed E-state index contributed by atoms with van der Waals surface area (Å²) in [5.74, 6) is -0.429. The third kappa shape index (κ3) is 5.59. The summed E-state index contributed by atoms with van der Waals surface area (Å²) in [4.78, 5) is 29.7. The molecule has 3 aromatic rings. The zero-order chi connectivity index (χ0) is 22.4. The summed E-state index contributed by atoms with van der Waals surface area (Å²) >= 11 is 6.34. The van der Waals surface area contributed by atoms with E-state index in [0.29, 0.717) is 16.9 Å². The summed E-state index contributed by atoms with van der Waals surface area (Å²) in [6.45, 7) is 1.77. The Hall–Kier alpha value is -3.42. The molecule has 3 N–H and O–H groups in total. The van der Waals surface area contributed by atoms with Crippen molar-refractivity contribution in [3.8, 4) is 5.75 Å². The quantitative estimate of drug-likeness (QED) is 0.388. The molecule has 0 fully saturated rings. The molecule has 0 bridgehead atoms. The minimum atomic E-state index is -0.559. The number of rotatable bonds is 7. The van der Waals surface area contributed by atoms with Gasteiger partial charge in [0.15, 0.2) is 0 Å². The van der Waals surface area contributed by atoms with E-state index in [-0.39, 0.29) is 24.0 Å². The third-order valence-electron chi connectivity index (χ3n) is 4.50. The number of hydrogen-bond donors (Lipinski definition) is 3. The standard InChI is InChI=1S/C23H22ClN3O4/c1-14-3-4-16-12-17(21(24)26-19(16)11-14)13-20(23(30)25-9-10-28)27-22(29)15-5-7-18(31-2)8-6-15/h3-8,11-13,28H,9-10H2,1-2H3,(H,25,30)(H,27,29). The van der Waals surface area contributed by atoms with Gasteiger partial charge in [0.2, 0.25) is 0 Å². The number of carbonyl (C=O) groups excluding carboxylic acids is 2. The first kappa shape index (κ1) is 22.3. The summed E-state index contributed by atoms with van der Waals surface area (Å²) < 4.78 is 5.09. The SMILES string of the molecule is COc1ccc(C(=O)NC(=Cc2cc3ccc(C)cc3nc2Cl)C(=O)NCCO)cc1. The summed E-state index contributed by atoms with van der Waals surface area (Å²) in [5.41, 5.74) is 2.58. The van der Waals surface area contributed by atoms with Crippen LogP contribution in [0.5, 0.6) is 5.75 Å². The van der Waals surface area contributed by atoms with Crippen molar-refractivity contribution < 1.29 is 19.4 Å². The van der Waals surface area contributed by atoms with Crippen LogP contribution in [0.25, 0.3) is 17.0 Å². The number of nitrogens with one attached hydrogen (secondary N) is 2. The van der Waals surface area contributed by atoms with Crippen molar-refractivity contribution in [1.29, 1.82) is 0 Å². The van der Waals surface area contributed by atoms with Crippen molar-refractivity contribution in [3.05, 3.63) is 76.1 Å². The molecule has 1 aromatic heterocycles. The van der Waals surface area contributed by atoms with Gasteiger partial charge in [-0.15, -0.1) is 0 Å². The molecule has 2 amide bonds. The van der Waals surface area contributed by atoms with Crippen LogP contribution >= 0.6 is 11.6 Å². The molecule has 0 atom stereocenters. The fourth-order valence-electron chi connectivity index (χ4n) is 2.89. The number of carbonyl (C=O) groups is 2. The highest BCUT2D eigenvalue weighted by atomic mass is 35.5. The number of aliphatic hydroxyl groups excluding tert-OH is 1. The number of hydrogen-bond acceptors (Lipinski definition) is 5. The van der Waals surface area contributed by atoms with E-state index < -0.39 is 11.8 Å². The number of nitrogens with zero attached hydrogens (tertiary/aromatic N) is 1. The number of benzene rings is 2. The van der Waals surface area contributed by atoms with Gasteiger partial charge in [0, 0.05) is 23.1 Å². The lowest BCUT2D eigenvalue weighted by Gasteiger charge is -2.12. The van der Waals surface area contributed by atoms with Crippen LogP contribution in [-0.4, -0.2) is 42.2 Å². The monoisotopic (exact) mass is 439 g/mol. The molecule has 1 heterocycles. The molecule has 7 nitrogen and oxygen atoms in total. The van der Waals surface area contributed by atoms with E-state index in [2.05, 4.69) is 15.6 Å². The van der Waals surface area contributed by atoms with Gasteiger partial charge in [0.25, 0.3) is 11.8 Å². The minimum Gasteiger partial charge on any atom is -0.497 e. The van der Waals surface area contributed by atoms with Gasteiger partial charge in [-0.05, 0) is 55.0 Å². The average Bonchev–Trinajstić information content (AvgIpc) is 2.77. The van der Waals surface area contributed by atoms with Crippen LogP contribution < -0.4 is 15.4 Å². The van der Waals surface area contributed by atoms with Crippen LogP contribution in [-0.2, 0) is 4.79 Å². The van der Waals surface area contributed by atoms with E-state index in [1.54, 1.807) is 30.3 Å². The van der Waals surface area contributed by atoms with Crippen molar-refractivity contribution in [2.24, 2.45) is 0 Å². The van der Waals surface area contributed by atoms with E-state index in [1.807, 2.05) is 25.1 Å². The van der Waals surface area contributed by atoms with E-state index >= 15 is 0 Å². The Balaban J connectivity index is 1.96. The van der Waals surface area contributed by atoms with Crippen molar-refractivity contribution in [3.63, 3.8) is 0 Å². The van der Waals surface area contributed by atoms with Gasteiger partial charge in [0.05, 0.1) is 19.2 Å². The fourth-order valence-corrected chi connectivity index (χ4v) is 3.09. The molecular formula is C23H22ClN3O4. The topological polar surface area (TPSA) is 101 Å². The van der Waals surface area contributed by atoms with E-state index in [0.717, 1.165) is 16.5 Å². The lowest BCUT2D eigenvalue weighted by molar-refractivity contribution is -0.117. The summed E-state index contributed by atoms with van der Waals surface area (Å²) in [5, 5.41) is 15.2. The number of amides is 2. The number of aliphatic hydroxyl groups is 1. The average molecular weight is 440 g/mol. The Morgan fingerprint density at radius 2 is 1.90 bits per heavy atom. The molecule has 0 aliphatic carbocycles. The largest absolute Gasteiger partial charge is 0.497 e. The van der Waals surface area contributed by atoms with Crippen LogP contribution in [0.1, 0.15) is 21.5 Å². The Morgan fingerprint density at radius 1 is 1.16 bits per heavy atom. The lowest BCUT2D eigenvalue weighted by atomic mass is 10.1. The van der Waals surface area contributed by atoms with Crippen LogP contribution in [0.15, 0.2) is 54.2 Å². The van der Waals surface area contributed by atoms with Gasteiger partial charge in [-0.1, -0.05) is 23.7 Å². The molecule has 0 saturated carbocycles. The Labute approximate surface area is 184 Å². The minimum absolute atomic E-state index is 0.0237. The summed E-state index contributed by atoms with van der Waals surface area (Å²) in [7, 11) is 1.53. The van der Waals surface area contributed by atoms with Crippen molar-refractivity contribution in [2.75, 3.05) is 20.3 Å². The van der Waals surface area contributed by atoms with E-state index in [1.165, 1.54) is 13.2 Å². The third-order valence-corrected chi connectivity index (χ3v) is 4.80. The summed E-state index contributed by atoms with van der Waals surface area (Å²) in [6, 6.07) is 14.0. The zero-order valence-corrected chi connectivity index (χ0v) is 17.9. The van der Waals surface area contributed by atoms with Crippen molar-refractivity contribution in [1.82, 2.24) is 15.6 Å². The first-order chi connectivity index (χ1) is 14.9. The molecule has 3 rings (SSSR count). The molecule has 8 heteroatoms. The Bertz CT molecular complexity index is 1140. The predicted molar refractivity (Wildman–Crippen MR) is 120 cm³/mol. The van der Waals surface area contributed by atoms with Crippen LogP contribution in [0, 0.1) is 6.92 Å². The van der Waals surface area contributed by atoms with E-state index in [9.17, 15) is 9.59 Å². The van der Waals surface area contributed by atoms with Gasteiger partial charge in [0.1, 0.15) is 16.6 Å². The second-order valence-corrected chi connectivity index (χ2v) is 7.14. The molecule has 0 spiro atoms. The highest BCUT2D eigenvalue weighted by molar-refractivity contribution is 6.31. The summed E-state index contributed by atoms with van der Waals surface area (Å²) in [6.07, 6.45) is 1.46. The molecule has 160 valence electrons. The smallest absolute Gasteiger partial charge is 0.267 e. The number of methoxy groups -OCH3 is 1. The second-order valence-electron chi connectivity index (χ2n) is 6.78. The van der Waals surface area contributed by atoms with Gasteiger partial charge in [-0.3, -0.25) is 9.59 Å². The lowest BCUT2D eigenvalue weighted by Crippen LogP contribution is -2.36. The van der Waals surface area contributed by atoms with Crippen molar-refractivity contribution in [2.45, 2.75) is 6.92 Å². The highest BCUT2D eigenvalue weighted by Gasteiger charge is 2.16. The predicted octanol–water partition coefficient (Wildman–Crippen LogP) is 3.08.